The summed E-state index contributed by atoms with van der Waals surface area (Å²) in [6, 6.07) is 22.2. The molecule has 3 aromatic carbocycles. The Kier molecular flexibility index (Phi) is 7.73. The highest BCUT2D eigenvalue weighted by molar-refractivity contribution is 7.89. The molecule has 0 saturated carbocycles. The number of hydrogen-bond donors (Lipinski definition) is 1. The first kappa shape index (κ1) is 24.8. The molecule has 0 radical (unpaired) electrons. The number of amides is 1. The predicted molar refractivity (Wildman–Crippen MR) is 137 cm³/mol. The summed E-state index contributed by atoms with van der Waals surface area (Å²) in [5, 5.41) is 0. The van der Waals surface area contributed by atoms with Gasteiger partial charge in [-0.25, -0.2) is 13.1 Å². The highest BCUT2D eigenvalue weighted by Crippen LogP contribution is 2.22. The smallest absolute Gasteiger partial charge is 0.253 e. The number of carbonyl (C=O) groups is 1. The van der Waals surface area contributed by atoms with Crippen molar-refractivity contribution in [3.05, 3.63) is 89.5 Å². The van der Waals surface area contributed by atoms with Gasteiger partial charge in [-0.05, 0) is 60.9 Å². The van der Waals surface area contributed by atoms with Gasteiger partial charge < -0.3 is 14.5 Å². The van der Waals surface area contributed by atoms with Gasteiger partial charge in [-0.2, -0.15) is 0 Å². The Hall–Kier alpha value is -3.36. The third-order valence-electron chi connectivity index (χ3n) is 6.25. The van der Waals surface area contributed by atoms with Crippen molar-refractivity contribution in [2.75, 3.05) is 38.2 Å². The summed E-state index contributed by atoms with van der Waals surface area (Å²) in [5.41, 5.74) is 2.94. The number of sulfonamides is 1. The molecule has 1 fully saturated rings. The lowest BCUT2D eigenvalue weighted by Gasteiger charge is -2.24. The van der Waals surface area contributed by atoms with Crippen LogP contribution >= 0.6 is 0 Å². The molecule has 1 heterocycles. The maximum absolute atomic E-state index is 13.3. The second-order valence-corrected chi connectivity index (χ2v) is 10.4. The van der Waals surface area contributed by atoms with E-state index in [9.17, 15) is 13.2 Å². The highest BCUT2D eigenvalue weighted by Gasteiger charge is 2.24. The molecule has 0 spiro atoms. The number of nitrogens with one attached hydrogen (secondary N) is 1. The summed E-state index contributed by atoms with van der Waals surface area (Å²) in [6.07, 6.45) is 0.827. The number of anilines is 1. The Labute approximate surface area is 207 Å². The minimum absolute atomic E-state index is 0.133. The number of methoxy groups -OCH3 is 1. The van der Waals surface area contributed by atoms with Crippen molar-refractivity contribution in [2.24, 2.45) is 0 Å². The van der Waals surface area contributed by atoms with Crippen LogP contribution in [0.15, 0.2) is 77.7 Å². The first-order chi connectivity index (χ1) is 16.9. The van der Waals surface area contributed by atoms with Crippen molar-refractivity contribution in [3.63, 3.8) is 0 Å². The van der Waals surface area contributed by atoms with E-state index >= 15 is 0 Å². The van der Waals surface area contributed by atoms with E-state index in [1.54, 1.807) is 26.2 Å². The molecule has 7 nitrogen and oxygen atoms in total. The summed E-state index contributed by atoms with van der Waals surface area (Å²) < 4.78 is 33.9. The van der Waals surface area contributed by atoms with Gasteiger partial charge in [0.15, 0.2) is 0 Å². The van der Waals surface area contributed by atoms with E-state index in [4.69, 9.17) is 4.74 Å². The summed E-state index contributed by atoms with van der Waals surface area (Å²) in [4.78, 5) is 17.5. The SMILES string of the molecule is COc1ccc(N2CCCN(C(=O)c3ccc(C)c(S(=O)(=O)NCc4ccccc4)c3)CC2)cc1. The van der Waals surface area contributed by atoms with Crippen molar-refractivity contribution in [1.82, 2.24) is 9.62 Å². The molecule has 0 unspecified atom stereocenters. The van der Waals surface area contributed by atoms with Gasteiger partial charge in [-0.15, -0.1) is 0 Å². The minimum Gasteiger partial charge on any atom is -0.497 e. The van der Waals surface area contributed by atoms with Gasteiger partial charge in [0.05, 0.1) is 12.0 Å². The van der Waals surface area contributed by atoms with E-state index < -0.39 is 10.0 Å². The molecular formula is C27H31N3O4S. The van der Waals surface area contributed by atoms with E-state index in [-0.39, 0.29) is 17.3 Å². The van der Waals surface area contributed by atoms with Crippen molar-refractivity contribution >= 4 is 21.6 Å². The molecule has 35 heavy (non-hydrogen) atoms. The molecule has 0 bridgehead atoms. The molecule has 184 valence electrons. The number of nitrogens with zero attached hydrogens (tertiary/aromatic N) is 2. The molecule has 0 atom stereocenters. The number of hydrogen-bond acceptors (Lipinski definition) is 5. The Morgan fingerprint density at radius 3 is 2.40 bits per heavy atom. The van der Waals surface area contributed by atoms with Crippen LogP contribution in [-0.4, -0.2) is 52.5 Å². The maximum atomic E-state index is 13.3. The number of aryl methyl sites for hydroxylation is 1. The van der Waals surface area contributed by atoms with E-state index in [0.29, 0.717) is 30.8 Å². The van der Waals surface area contributed by atoms with Gasteiger partial charge in [0.2, 0.25) is 10.0 Å². The topological polar surface area (TPSA) is 79.0 Å². The quantitative estimate of drug-likeness (QED) is 0.541. The lowest BCUT2D eigenvalue weighted by atomic mass is 10.1. The summed E-state index contributed by atoms with van der Waals surface area (Å²) >= 11 is 0. The zero-order valence-electron chi connectivity index (χ0n) is 20.1. The van der Waals surface area contributed by atoms with E-state index in [1.165, 1.54) is 6.07 Å². The standard InChI is InChI=1S/C27H31N3O4S/c1-21-9-10-23(19-26(21)35(32,33)28-20-22-7-4-3-5-8-22)27(31)30-16-6-15-29(17-18-30)24-11-13-25(34-2)14-12-24/h3-5,7-14,19,28H,6,15-18,20H2,1-2H3. The highest BCUT2D eigenvalue weighted by atomic mass is 32.2. The fourth-order valence-corrected chi connectivity index (χ4v) is 5.52. The van der Waals surface area contributed by atoms with Crippen LogP contribution in [0.4, 0.5) is 5.69 Å². The third kappa shape index (κ3) is 6.01. The van der Waals surface area contributed by atoms with Gasteiger partial charge in [-0.1, -0.05) is 36.4 Å². The second kappa shape index (κ2) is 10.9. The number of ether oxygens (including phenoxy) is 1. The fraction of sp³-hybridized carbons (Fsp3) is 0.296. The fourth-order valence-electron chi connectivity index (χ4n) is 4.23. The summed E-state index contributed by atoms with van der Waals surface area (Å²) in [5.74, 6) is 0.657. The van der Waals surface area contributed by atoms with Crippen LogP contribution in [0.25, 0.3) is 0 Å². The molecule has 1 amide bonds. The molecule has 1 saturated heterocycles. The maximum Gasteiger partial charge on any atom is 0.253 e. The van der Waals surface area contributed by atoms with Crippen molar-refractivity contribution < 1.29 is 17.9 Å². The molecule has 1 aliphatic heterocycles. The molecule has 0 aliphatic carbocycles. The van der Waals surface area contributed by atoms with Crippen molar-refractivity contribution in [2.45, 2.75) is 24.8 Å². The van der Waals surface area contributed by atoms with E-state index in [2.05, 4.69) is 9.62 Å². The summed E-state index contributed by atoms with van der Waals surface area (Å²) in [6.45, 7) is 4.65. The largest absolute Gasteiger partial charge is 0.497 e. The average molecular weight is 494 g/mol. The minimum atomic E-state index is -3.77. The molecule has 4 rings (SSSR count). The normalized spacial score (nSPS) is 14.5. The van der Waals surface area contributed by atoms with Gasteiger partial charge in [0, 0.05) is 44.0 Å². The Morgan fingerprint density at radius 1 is 0.943 bits per heavy atom. The van der Waals surface area contributed by atoms with Crippen molar-refractivity contribution in [3.8, 4) is 5.75 Å². The zero-order valence-corrected chi connectivity index (χ0v) is 20.9. The first-order valence-electron chi connectivity index (χ1n) is 11.7. The number of rotatable bonds is 7. The lowest BCUT2D eigenvalue weighted by Crippen LogP contribution is -2.35. The Bertz CT molecular complexity index is 1260. The third-order valence-corrected chi connectivity index (χ3v) is 7.80. The van der Waals surface area contributed by atoms with Crippen molar-refractivity contribution in [1.29, 1.82) is 0 Å². The number of benzene rings is 3. The molecule has 8 heteroatoms. The Balaban J connectivity index is 1.46. The van der Waals surface area contributed by atoms with Gasteiger partial charge in [0.1, 0.15) is 5.75 Å². The van der Waals surface area contributed by atoms with E-state index in [1.807, 2.05) is 59.5 Å². The second-order valence-electron chi connectivity index (χ2n) is 8.62. The first-order valence-corrected chi connectivity index (χ1v) is 13.2. The van der Waals surface area contributed by atoms with Crippen LogP contribution in [0, 0.1) is 6.92 Å². The van der Waals surface area contributed by atoms with Crippen LogP contribution < -0.4 is 14.4 Å². The monoisotopic (exact) mass is 493 g/mol. The predicted octanol–water partition coefficient (Wildman–Crippen LogP) is 3.83. The van der Waals surface area contributed by atoms with E-state index in [0.717, 1.165) is 30.0 Å². The van der Waals surface area contributed by atoms with Gasteiger partial charge >= 0.3 is 0 Å². The Morgan fingerprint density at radius 2 is 1.69 bits per heavy atom. The zero-order chi connectivity index (χ0) is 24.8. The van der Waals surface area contributed by atoms with Gasteiger partial charge in [0.25, 0.3) is 5.91 Å². The number of carbonyl (C=O) groups excluding carboxylic acids is 1. The van der Waals surface area contributed by atoms with Crippen LogP contribution in [0.5, 0.6) is 5.75 Å². The summed E-state index contributed by atoms with van der Waals surface area (Å²) in [7, 11) is -2.13. The molecular weight excluding hydrogens is 462 g/mol. The molecule has 0 aromatic heterocycles. The molecule has 1 N–H and O–H groups in total. The van der Waals surface area contributed by atoms with Crippen LogP contribution in [0.3, 0.4) is 0 Å². The lowest BCUT2D eigenvalue weighted by molar-refractivity contribution is 0.0766. The van der Waals surface area contributed by atoms with Crippen LogP contribution in [-0.2, 0) is 16.6 Å². The molecule has 1 aliphatic rings. The van der Waals surface area contributed by atoms with Crippen LogP contribution in [0.1, 0.15) is 27.9 Å². The average Bonchev–Trinajstić information content (AvgIpc) is 3.14. The van der Waals surface area contributed by atoms with Crippen LogP contribution in [0.2, 0.25) is 0 Å². The molecule has 3 aromatic rings. The van der Waals surface area contributed by atoms with Gasteiger partial charge in [-0.3, -0.25) is 4.79 Å².